The van der Waals surface area contributed by atoms with E-state index < -0.39 is 0 Å². The SMILES string of the molecule is CC(=Nc1c(C2CCCCC2)cccc1C1CCCCC1)c1cc(C)cc(C(C)=Nc2c(C3CCCCC3)cccc2C2CCCCC2)n1.[Cl-].[Cl-].[Cl-].[V]. The van der Waals surface area contributed by atoms with Crippen LogP contribution in [0.3, 0.4) is 0 Å². The van der Waals surface area contributed by atoms with E-state index in [4.69, 9.17) is 15.0 Å². The van der Waals surface area contributed by atoms with Crippen LogP contribution in [0.1, 0.15) is 205 Å². The second-order valence-corrected chi connectivity index (χ2v) is 16.2. The molecule has 3 aromatic rings. The first-order valence-electron chi connectivity index (χ1n) is 20.4. The second kappa shape index (κ2) is 22.2. The third-order valence-electron chi connectivity index (χ3n) is 12.6. The van der Waals surface area contributed by atoms with E-state index in [1.54, 1.807) is 0 Å². The van der Waals surface area contributed by atoms with E-state index in [2.05, 4.69) is 69.3 Å². The normalized spacial score (nSPS) is 19.7. The Kier molecular flexibility index (Phi) is 19.2. The molecule has 0 amide bonds. The van der Waals surface area contributed by atoms with Crippen LogP contribution in [-0.2, 0) is 18.6 Å². The Balaban J connectivity index is 0.00000189. The van der Waals surface area contributed by atoms with Gasteiger partial charge in [0.05, 0.1) is 34.2 Å². The maximum atomic E-state index is 5.57. The van der Waals surface area contributed by atoms with Crippen LogP contribution in [0.5, 0.6) is 0 Å². The fourth-order valence-electron chi connectivity index (χ4n) is 9.88. The van der Waals surface area contributed by atoms with Gasteiger partial charge < -0.3 is 37.2 Å². The van der Waals surface area contributed by atoms with Gasteiger partial charge in [0.25, 0.3) is 0 Å². The Labute approximate surface area is 352 Å². The van der Waals surface area contributed by atoms with Gasteiger partial charge in [0, 0.05) is 18.6 Å². The van der Waals surface area contributed by atoms with Crippen LogP contribution in [0.25, 0.3) is 0 Å². The summed E-state index contributed by atoms with van der Waals surface area (Å²) in [5.74, 6) is 2.51. The summed E-state index contributed by atoms with van der Waals surface area (Å²) in [5.41, 5.74) is 13.8. The molecule has 7 rings (SSSR count). The van der Waals surface area contributed by atoms with Gasteiger partial charge in [-0.1, -0.05) is 113 Å². The average molecular weight is 813 g/mol. The van der Waals surface area contributed by atoms with Gasteiger partial charge in [0.15, 0.2) is 0 Å². The van der Waals surface area contributed by atoms with E-state index in [0.717, 1.165) is 22.8 Å². The van der Waals surface area contributed by atoms with E-state index in [9.17, 15) is 0 Å². The molecule has 0 atom stereocenters. The molecular formula is C46H61Cl3N3V-3. The number of rotatable bonds is 8. The number of aliphatic imine (C=N–C) groups is 2. The molecule has 0 aliphatic heterocycles. The van der Waals surface area contributed by atoms with Crippen LogP contribution in [0.4, 0.5) is 11.4 Å². The number of aryl methyl sites for hydroxylation is 1. The predicted molar refractivity (Wildman–Crippen MR) is 209 cm³/mol. The minimum atomic E-state index is 0. The number of halogens is 3. The molecule has 4 aliphatic rings. The van der Waals surface area contributed by atoms with Crippen LogP contribution in [0.15, 0.2) is 58.5 Å². The quantitative estimate of drug-likeness (QED) is 0.300. The molecule has 53 heavy (non-hydrogen) atoms. The summed E-state index contributed by atoms with van der Waals surface area (Å²) in [6, 6.07) is 18.7. The zero-order chi connectivity index (χ0) is 33.6. The third-order valence-corrected chi connectivity index (χ3v) is 12.6. The maximum Gasteiger partial charge on any atom is 0.0852 e. The standard InChI is InChI=1S/C46H61N3.3ClH.V/c1-32-30-43(33(2)47-45-39(35-18-8-4-9-19-35)26-16-27-40(45)36-20-10-5-11-21-36)49-44(31-32)34(3)48-46-41(37-22-12-6-13-23-37)28-17-29-42(46)38-24-14-7-15-25-38;;;;/h16-17,26-31,35-38H,4-15,18-25H2,1-3H3;3*1H;/p-3. The Bertz CT molecular complexity index is 1460. The average Bonchev–Trinajstić information content (AvgIpc) is 3.16. The van der Waals surface area contributed by atoms with Crippen LogP contribution in [-0.4, -0.2) is 16.4 Å². The Morgan fingerprint density at radius 1 is 0.472 bits per heavy atom. The second-order valence-electron chi connectivity index (χ2n) is 16.2. The number of benzene rings is 2. The first-order chi connectivity index (χ1) is 24.0. The molecule has 1 radical (unpaired) electrons. The summed E-state index contributed by atoms with van der Waals surface area (Å²) >= 11 is 0. The number of hydrogen-bond acceptors (Lipinski definition) is 3. The summed E-state index contributed by atoms with van der Waals surface area (Å²) < 4.78 is 0. The van der Waals surface area contributed by atoms with Crippen molar-refractivity contribution < 1.29 is 55.8 Å². The summed E-state index contributed by atoms with van der Waals surface area (Å²) in [4.78, 5) is 16.5. The number of para-hydroxylation sites is 2. The molecule has 4 fully saturated rings. The smallest absolute Gasteiger partial charge is 0.0852 e. The van der Waals surface area contributed by atoms with Crippen molar-refractivity contribution in [2.45, 2.75) is 173 Å². The predicted octanol–water partition coefficient (Wildman–Crippen LogP) is 4.87. The molecule has 0 N–H and O–H groups in total. The van der Waals surface area contributed by atoms with Crippen LogP contribution < -0.4 is 37.2 Å². The van der Waals surface area contributed by atoms with Crippen molar-refractivity contribution in [3.8, 4) is 0 Å². The Hall–Kier alpha value is -1.62. The molecule has 0 bridgehead atoms. The number of nitrogens with zero attached hydrogens (tertiary/aromatic N) is 3. The van der Waals surface area contributed by atoms with Gasteiger partial charge >= 0.3 is 0 Å². The molecular weight excluding hydrogens is 752 g/mol. The molecule has 0 spiro atoms. The summed E-state index contributed by atoms with van der Waals surface area (Å²) in [5, 5.41) is 0. The minimum absolute atomic E-state index is 0. The van der Waals surface area contributed by atoms with Crippen LogP contribution in [0, 0.1) is 6.92 Å². The largest absolute Gasteiger partial charge is 1.00 e. The molecule has 0 unspecified atom stereocenters. The number of aromatic nitrogens is 1. The van der Waals surface area contributed by atoms with E-state index in [1.165, 1.54) is 168 Å². The van der Waals surface area contributed by atoms with Crippen molar-refractivity contribution in [2.24, 2.45) is 9.98 Å². The van der Waals surface area contributed by atoms with Gasteiger partial charge in [-0.05, 0) is 136 Å². The third kappa shape index (κ3) is 11.3. The van der Waals surface area contributed by atoms with Crippen LogP contribution in [0.2, 0.25) is 0 Å². The van der Waals surface area contributed by atoms with Crippen molar-refractivity contribution in [1.82, 2.24) is 4.98 Å². The van der Waals surface area contributed by atoms with Gasteiger partial charge in [-0.15, -0.1) is 0 Å². The molecule has 289 valence electrons. The maximum absolute atomic E-state index is 5.57. The van der Waals surface area contributed by atoms with Crippen molar-refractivity contribution in [1.29, 1.82) is 0 Å². The van der Waals surface area contributed by atoms with Crippen molar-refractivity contribution >= 4 is 22.8 Å². The summed E-state index contributed by atoms with van der Waals surface area (Å²) in [6.45, 7) is 6.60. The van der Waals surface area contributed by atoms with E-state index in [-0.39, 0.29) is 55.8 Å². The van der Waals surface area contributed by atoms with Gasteiger partial charge in [-0.25, -0.2) is 4.98 Å². The van der Waals surface area contributed by atoms with Crippen LogP contribution >= 0.6 is 0 Å². The number of hydrogen-bond donors (Lipinski definition) is 0. The van der Waals surface area contributed by atoms with Gasteiger partial charge in [-0.3, -0.25) is 9.98 Å². The molecule has 4 saturated carbocycles. The molecule has 3 nitrogen and oxygen atoms in total. The molecule has 1 aromatic heterocycles. The molecule has 2 aromatic carbocycles. The van der Waals surface area contributed by atoms with Crippen molar-refractivity contribution in [3.63, 3.8) is 0 Å². The fourth-order valence-corrected chi connectivity index (χ4v) is 9.88. The van der Waals surface area contributed by atoms with Gasteiger partial charge in [-0.2, -0.15) is 0 Å². The minimum Gasteiger partial charge on any atom is -1.00 e. The first kappa shape index (κ1) is 45.8. The number of pyridine rings is 1. The zero-order valence-corrected chi connectivity index (χ0v) is 36.2. The fraction of sp³-hybridized carbons (Fsp3) is 0.587. The monoisotopic (exact) mass is 811 g/mol. The molecule has 0 saturated heterocycles. The molecule has 1 heterocycles. The first-order valence-corrected chi connectivity index (χ1v) is 20.4. The van der Waals surface area contributed by atoms with E-state index in [1.807, 2.05) is 0 Å². The topological polar surface area (TPSA) is 37.6 Å². The van der Waals surface area contributed by atoms with Gasteiger partial charge in [0.1, 0.15) is 0 Å². The molecule has 7 heteroatoms. The van der Waals surface area contributed by atoms with E-state index in [0.29, 0.717) is 23.7 Å². The van der Waals surface area contributed by atoms with Crippen molar-refractivity contribution in [2.75, 3.05) is 0 Å². The summed E-state index contributed by atoms with van der Waals surface area (Å²) in [6.07, 6.45) is 26.6. The van der Waals surface area contributed by atoms with E-state index >= 15 is 0 Å². The molecule has 4 aliphatic carbocycles. The summed E-state index contributed by atoms with van der Waals surface area (Å²) in [7, 11) is 0. The van der Waals surface area contributed by atoms with Gasteiger partial charge in [0.2, 0.25) is 0 Å². The Morgan fingerprint density at radius 3 is 1.00 bits per heavy atom. The van der Waals surface area contributed by atoms with Crippen molar-refractivity contribution in [3.05, 3.63) is 87.7 Å². The zero-order valence-electron chi connectivity index (χ0n) is 32.5. The Morgan fingerprint density at radius 2 is 0.736 bits per heavy atom.